The number of hydrogen-bond donors (Lipinski definition) is 0. The summed E-state index contributed by atoms with van der Waals surface area (Å²) in [6.45, 7) is 2.20. The maximum absolute atomic E-state index is 12.5. The highest BCUT2D eigenvalue weighted by molar-refractivity contribution is 8.15. The van der Waals surface area contributed by atoms with Gasteiger partial charge < -0.3 is 4.74 Å². The molecule has 0 aliphatic carbocycles. The molecule has 0 spiro atoms. The molecule has 1 aliphatic rings. The van der Waals surface area contributed by atoms with Gasteiger partial charge in [0, 0.05) is 17.7 Å². The van der Waals surface area contributed by atoms with Crippen molar-refractivity contribution in [2.24, 2.45) is 10.2 Å². The summed E-state index contributed by atoms with van der Waals surface area (Å²) in [5.74, 6) is 0.708. The van der Waals surface area contributed by atoms with Crippen LogP contribution >= 0.6 is 11.8 Å². The summed E-state index contributed by atoms with van der Waals surface area (Å²) < 4.78 is 5.15. The number of carbonyl (C=O) groups excluding carboxylic acids is 1. The number of amidine groups is 1. The van der Waals surface area contributed by atoms with Crippen LogP contribution in [0.25, 0.3) is 0 Å². The maximum atomic E-state index is 12.5. The van der Waals surface area contributed by atoms with E-state index in [0.717, 1.165) is 11.3 Å². The van der Waals surface area contributed by atoms with Crippen molar-refractivity contribution in [1.82, 2.24) is 4.90 Å². The average molecular weight is 398 g/mol. The molecule has 0 N–H and O–H groups in total. The second-order valence-corrected chi connectivity index (χ2v) is 7.32. The van der Waals surface area contributed by atoms with Gasteiger partial charge >= 0.3 is 0 Å². The number of nitro benzene ring substituents is 1. The van der Waals surface area contributed by atoms with E-state index in [0.29, 0.717) is 17.3 Å². The van der Waals surface area contributed by atoms with Crippen molar-refractivity contribution in [3.63, 3.8) is 0 Å². The number of benzene rings is 2. The number of methoxy groups -OCH3 is 1. The number of amides is 1. The van der Waals surface area contributed by atoms with Crippen molar-refractivity contribution in [1.29, 1.82) is 0 Å². The zero-order valence-electron chi connectivity index (χ0n) is 15.3. The first-order valence-electron chi connectivity index (χ1n) is 8.44. The number of nitrogens with zero attached hydrogens (tertiary/aromatic N) is 4. The summed E-state index contributed by atoms with van der Waals surface area (Å²) >= 11 is 1.33. The Morgan fingerprint density at radius 2 is 2.04 bits per heavy atom. The van der Waals surface area contributed by atoms with Crippen LogP contribution in [-0.4, -0.2) is 39.5 Å². The van der Waals surface area contributed by atoms with Crippen molar-refractivity contribution in [2.45, 2.75) is 18.7 Å². The first-order valence-corrected chi connectivity index (χ1v) is 9.32. The highest BCUT2D eigenvalue weighted by Gasteiger charge is 2.35. The van der Waals surface area contributed by atoms with Crippen molar-refractivity contribution in [3.05, 3.63) is 69.8 Å². The van der Waals surface area contributed by atoms with Gasteiger partial charge in [0.15, 0.2) is 5.17 Å². The Labute approximate surface area is 166 Å². The number of rotatable bonds is 6. The summed E-state index contributed by atoms with van der Waals surface area (Å²) in [7, 11) is 1.60. The molecule has 0 saturated carbocycles. The monoisotopic (exact) mass is 398 g/mol. The van der Waals surface area contributed by atoms with Crippen molar-refractivity contribution < 1.29 is 14.5 Å². The topological polar surface area (TPSA) is 97.4 Å². The van der Waals surface area contributed by atoms with Gasteiger partial charge in [0.1, 0.15) is 5.75 Å². The van der Waals surface area contributed by atoms with Crippen LogP contribution in [-0.2, 0) is 11.3 Å². The average Bonchev–Trinajstić information content (AvgIpc) is 2.96. The molecule has 8 nitrogen and oxygen atoms in total. The van der Waals surface area contributed by atoms with Crippen LogP contribution in [0.15, 0.2) is 58.7 Å². The zero-order valence-corrected chi connectivity index (χ0v) is 16.1. The smallest absolute Gasteiger partial charge is 0.270 e. The quantitative estimate of drug-likeness (QED) is 0.422. The molecule has 0 radical (unpaired) electrons. The fourth-order valence-corrected chi connectivity index (χ4v) is 3.51. The van der Waals surface area contributed by atoms with Crippen LogP contribution < -0.4 is 4.74 Å². The lowest BCUT2D eigenvalue weighted by Gasteiger charge is -2.15. The standard InChI is InChI=1S/C19H18N4O4S/c1-13-18(24)22(12-14-6-8-17(27-2)9-7-14)19(28-13)21-20-11-15-4-3-5-16(10-15)23(25)26/h3-11,13H,12H2,1-2H3/b20-11-,21-19-/t13-/m0/s1. The molecule has 0 aromatic heterocycles. The molecule has 9 heteroatoms. The number of hydrogen-bond acceptors (Lipinski definition) is 7. The van der Waals surface area contributed by atoms with E-state index in [1.165, 1.54) is 30.1 Å². The molecule has 2 aromatic rings. The lowest BCUT2D eigenvalue weighted by atomic mass is 10.2. The summed E-state index contributed by atoms with van der Waals surface area (Å²) in [6, 6.07) is 13.6. The molecule has 2 aromatic carbocycles. The third kappa shape index (κ3) is 4.55. The number of thioether (sulfide) groups is 1. The number of ether oxygens (including phenoxy) is 1. The molecular formula is C19H18N4O4S. The van der Waals surface area contributed by atoms with Gasteiger partial charge in [0.2, 0.25) is 5.91 Å². The lowest BCUT2D eigenvalue weighted by molar-refractivity contribution is -0.384. The van der Waals surface area contributed by atoms with E-state index in [4.69, 9.17) is 4.74 Å². The number of carbonyl (C=O) groups is 1. The minimum atomic E-state index is -0.465. The number of nitro groups is 1. The Hall–Kier alpha value is -3.20. The normalized spacial score (nSPS) is 18.2. The van der Waals surface area contributed by atoms with Crippen LogP contribution in [0, 0.1) is 10.1 Å². The van der Waals surface area contributed by atoms with Crippen LogP contribution in [0.2, 0.25) is 0 Å². The van der Waals surface area contributed by atoms with Gasteiger partial charge in [0.25, 0.3) is 5.69 Å². The summed E-state index contributed by atoms with van der Waals surface area (Å²) in [5.41, 5.74) is 1.48. The maximum Gasteiger partial charge on any atom is 0.270 e. The Balaban J connectivity index is 1.77. The van der Waals surface area contributed by atoms with E-state index in [1.54, 1.807) is 24.1 Å². The summed E-state index contributed by atoms with van der Waals surface area (Å²) in [5, 5.41) is 19.3. The molecule has 1 aliphatic heterocycles. The van der Waals surface area contributed by atoms with Crippen LogP contribution in [0.5, 0.6) is 5.75 Å². The van der Waals surface area contributed by atoms with E-state index in [-0.39, 0.29) is 16.8 Å². The molecule has 1 amide bonds. The molecule has 1 saturated heterocycles. The van der Waals surface area contributed by atoms with Crippen LogP contribution in [0.3, 0.4) is 0 Å². The molecule has 1 atom stereocenters. The van der Waals surface area contributed by atoms with Gasteiger partial charge in [-0.2, -0.15) is 5.10 Å². The van der Waals surface area contributed by atoms with E-state index in [1.807, 2.05) is 31.2 Å². The zero-order chi connectivity index (χ0) is 20.1. The molecule has 1 fully saturated rings. The Morgan fingerprint density at radius 3 is 2.71 bits per heavy atom. The molecule has 144 valence electrons. The van der Waals surface area contributed by atoms with Crippen molar-refractivity contribution in [3.8, 4) is 5.75 Å². The van der Waals surface area contributed by atoms with E-state index in [9.17, 15) is 14.9 Å². The third-order valence-electron chi connectivity index (χ3n) is 4.06. The fraction of sp³-hybridized carbons (Fsp3) is 0.211. The van der Waals surface area contributed by atoms with Crippen molar-refractivity contribution in [2.75, 3.05) is 7.11 Å². The predicted octanol–water partition coefficient (Wildman–Crippen LogP) is 3.46. The van der Waals surface area contributed by atoms with Crippen molar-refractivity contribution >= 4 is 34.7 Å². The van der Waals surface area contributed by atoms with Gasteiger partial charge in [0.05, 0.1) is 30.0 Å². The Bertz CT molecular complexity index is 943. The summed E-state index contributed by atoms with van der Waals surface area (Å²) in [6.07, 6.45) is 1.43. The second-order valence-electron chi connectivity index (χ2n) is 6.01. The minimum absolute atomic E-state index is 0.0169. The predicted molar refractivity (Wildman–Crippen MR) is 109 cm³/mol. The molecule has 1 heterocycles. The van der Waals surface area contributed by atoms with Gasteiger partial charge in [-0.25, -0.2) is 0 Å². The molecule has 0 bridgehead atoms. The Morgan fingerprint density at radius 1 is 1.29 bits per heavy atom. The Kier molecular flexibility index (Phi) is 6.05. The van der Waals surface area contributed by atoms with Gasteiger partial charge in [-0.3, -0.25) is 19.8 Å². The first kappa shape index (κ1) is 19.6. The molecular weight excluding hydrogens is 380 g/mol. The van der Waals surface area contributed by atoms with Gasteiger partial charge in [-0.15, -0.1) is 5.10 Å². The fourth-order valence-electron chi connectivity index (χ4n) is 2.59. The summed E-state index contributed by atoms with van der Waals surface area (Å²) in [4.78, 5) is 24.4. The van der Waals surface area contributed by atoms with Gasteiger partial charge in [-0.1, -0.05) is 36.0 Å². The molecule has 3 rings (SSSR count). The van der Waals surface area contributed by atoms with E-state index < -0.39 is 4.92 Å². The number of non-ortho nitro benzene ring substituents is 1. The van der Waals surface area contributed by atoms with E-state index >= 15 is 0 Å². The highest BCUT2D eigenvalue weighted by atomic mass is 32.2. The largest absolute Gasteiger partial charge is 0.497 e. The second kappa shape index (κ2) is 8.66. The molecule has 0 unspecified atom stereocenters. The van der Waals surface area contributed by atoms with Gasteiger partial charge in [-0.05, 0) is 24.6 Å². The molecule has 28 heavy (non-hydrogen) atoms. The van der Waals surface area contributed by atoms with Crippen LogP contribution in [0.4, 0.5) is 5.69 Å². The lowest BCUT2D eigenvalue weighted by Crippen LogP contribution is -2.30. The third-order valence-corrected chi connectivity index (χ3v) is 5.13. The van der Waals surface area contributed by atoms with Crippen LogP contribution in [0.1, 0.15) is 18.1 Å². The first-order chi connectivity index (χ1) is 13.5. The van der Waals surface area contributed by atoms with E-state index in [2.05, 4.69) is 10.2 Å². The SMILES string of the molecule is COc1ccc(CN2C(=O)[C@H](C)S/C2=N\N=C/c2cccc([N+](=O)[O-])c2)cc1. The minimum Gasteiger partial charge on any atom is -0.497 e. The highest BCUT2D eigenvalue weighted by Crippen LogP contribution is 2.28.